The average Bonchev–Trinajstić information content (AvgIpc) is 2.66. The van der Waals surface area contributed by atoms with E-state index in [0.717, 1.165) is 0 Å². The molecular formula is C19H18N2O6. The maximum atomic E-state index is 11.9. The van der Waals surface area contributed by atoms with Crippen molar-refractivity contribution < 1.29 is 24.0 Å². The molecule has 0 bridgehead atoms. The summed E-state index contributed by atoms with van der Waals surface area (Å²) in [6, 6.07) is 12.8. The van der Waals surface area contributed by atoms with Gasteiger partial charge in [-0.05, 0) is 13.0 Å². The predicted octanol–water partition coefficient (Wildman–Crippen LogP) is 3.05. The van der Waals surface area contributed by atoms with E-state index in [1.165, 1.54) is 18.2 Å². The van der Waals surface area contributed by atoms with Crippen LogP contribution in [0.3, 0.4) is 0 Å². The van der Waals surface area contributed by atoms with Gasteiger partial charge < -0.3 is 10.1 Å². The molecule has 0 aliphatic heterocycles. The molecule has 2 rings (SSSR count). The summed E-state index contributed by atoms with van der Waals surface area (Å²) < 4.78 is 4.83. The second-order valence-electron chi connectivity index (χ2n) is 5.76. The first-order valence-corrected chi connectivity index (χ1v) is 8.15. The van der Waals surface area contributed by atoms with Crippen molar-refractivity contribution in [2.24, 2.45) is 0 Å². The van der Waals surface area contributed by atoms with E-state index in [0.29, 0.717) is 11.1 Å². The monoisotopic (exact) mass is 370 g/mol. The third-order valence-corrected chi connectivity index (χ3v) is 3.71. The van der Waals surface area contributed by atoms with E-state index in [4.69, 9.17) is 4.74 Å². The van der Waals surface area contributed by atoms with Crippen LogP contribution in [0.15, 0.2) is 48.5 Å². The van der Waals surface area contributed by atoms with Crippen molar-refractivity contribution in [3.63, 3.8) is 0 Å². The van der Waals surface area contributed by atoms with Gasteiger partial charge in [0.25, 0.3) is 11.6 Å². The molecule has 0 aromatic heterocycles. The molecule has 0 heterocycles. The standard InChI is InChI=1S/C19H18N2O6/c1-13-7-8-15(11-16(13)21(25)26)20-18(23)12-27-19(24)10-9-17(22)14-5-3-2-4-6-14/h2-8,11H,9-10,12H2,1H3,(H,20,23). The summed E-state index contributed by atoms with van der Waals surface area (Å²) >= 11 is 0. The largest absolute Gasteiger partial charge is 0.456 e. The van der Waals surface area contributed by atoms with Gasteiger partial charge in [-0.15, -0.1) is 0 Å². The molecule has 140 valence electrons. The minimum absolute atomic E-state index is 0.0192. The van der Waals surface area contributed by atoms with Gasteiger partial charge in [0.2, 0.25) is 0 Å². The number of amides is 1. The summed E-state index contributed by atoms with van der Waals surface area (Å²) in [5, 5.41) is 13.3. The molecule has 0 spiro atoms. The maximum Gasteiger partial charge on any atom is 0.306 e. The number of esters is 1. The van der Waals surface area contributed by atoms with Crippen molar-refractivity contribution in [2.75, 3.05) is 11.9 Å². The van der Waals surface area contributed by atoms with Crippen LogP contribution in [0.4, 0.5) is 11.4 Å². The van der Waals surface area contributed by atoms with Gasteiger partial charge in [0.15, 0.2) is 12.4 Å². The zero-order valence-corrected chi connectivity index (χ0v) is 14.6. The van der Waals surface area contributed by atoms with Crippen LogP contribution in [0.1, 0.15) is 28.8 Å². The Hall–Kier alpha value is -3.55. The molecule has 0 radical (unpaired) electrons. The van der Waals surface area contributed by atoms with Gasteiger partial charge in [0.05, 0.1) is 11.3 Å². The van der Waals surface area contributed by atoms with Crippen LogP contribution in [0, 0.1) is 17.0 Å². The number of nitro groups is 1. The van der Waals surface area contributed by atoms with Gasteiger partial charge >= 0.3 is 5.97 Å². The zero-order valence-electron chi connectivity index (χ0n) is 14.6. The molecule has 8 heteroatoms. The van der Waals surface area contributed by atoms with E-state index < -0.39 is 23.4 Å². The van der Waals surface area contributed by atoms with E-state index in [1.807, 2.05) is 0 Å². The number of aryl methyl sites for hydroxylation is 1. The molecule has 1 N–H and O–H groups in total. The van der Waals surface area contributed by atoms with Gasteiger partial charge in [-0.3, -0.25) is 24.5 Å². The van der Waals surface area contributed by atoms with E-state index in [1.54, 1.807) is 37.3 Å². The fourth-order valence-electron chi connectivity index (χ4n) is 2.28. The highest BCUT2D eigenvalue weighted by molar-refractivity contribution is 5.98. The fourth-order valence-corrected chi connectivity index (χ4v) is 2.28. The number of ether oxygens (including phenoxy) is 1. The molecular weight excluding hydrogens is 352 g/mol. The van der Waals surface area contributed by atoms with Gasteiger partial charge in [-0.25, -0.2) is 0 Å². The van der Waals surface area contributed by atoms with Crippen molar-refractivity contribution in [3.05, 3.63) is 69.8 Å². The molecule has 2 aromatic carbocycles. The molecule has 0 aliphatic carbocycles. The first-order chi connectivity index (χ1) is 12.9. The molecule has 0 unspecified atom stereocenters. The normalized spacial score (nSPS) is 10.1. The highest BCUT2D eigenvalue weighted by Gasteiger charge is 2.14. The van der Waals surface area contributed by atoms with E-state index in [-0.39, 0.29) is 30.0 Å². The highest BCUT2D eigenvalue weighted by atomic mass is 16.6. The fraction of sp³-hybridized carbons (Fsp3) is 0.211. The first-order valence-electron chi connectivity index (χ1n) is 8.15. The van der Waals surface area contributed by atoms with Crippen LogP contribution in [0.5, 0.6) is 0 Å². The van der Waals surface area contributed by atoms with Gasteiger partial charge in [-0.1, -0.05) is 36.4 Å². The smallest absolute Gasteiger partial charge is 0.306 e. The molecule has 0 atom stereocenters. The lowest BCUT2D eigenvalue weighted by atomic mass is 10.1. The second kappa shape index (κ2) is 9.23. The molecule has 1 amide bonds. The molecule has 0 saturated carbocycles. The summed E-state index contributed by atoms with van der Waals surface area (Å²) in [5.74, 6) is -1.50. The third kappa shape index (κ3) is 6.03. The molecule has 2 aromatic rings. The summed E-state index contributed by atoms with van der Waals surface area (Å²) in [7, 11) is 0. The number of hydrogen-bond acceptors (Lipinski definition) is 6. The quantitative estimate of drug-likeness (QED) is 0.330. The van der Waals surface area contributed by atoms with Crippen LogP contribution in [0.25, 0.3) is 0 Å². The molecule has 0 fully saturated rings. The van der Waals surface area contributed by atoms with E-state index in [2.05, 4.69) is 5.32 Å². The Morgan fingerprint density at radius 3 is 2.44 bits per heavy atom. The Kier molecular flexibility index (Phi) is 6.76. The third-order valence-electron chi connectivity index (χ3n) is 3.71. The minimum Gasteiger partial charge on any atom is -0.456 e. The van der Waals surface area contributed by atoms with Crippen molar-refractivity contribution in [1.29, 1.82) is 0 Å². The molecule has 0 aliphatic rings. The molecule has 0 saturated heterocycles. The summed E-state index contributed by atoms with van der Waals surface area (Å²) in [5.41, 5.74) is 1.08. The minimum atomic E-state index is -0.677. The van der Waals surface area contributed by atoms with E-state index >= 15 is 0 Å². The van der Waals surface area contributed by atoms with Gasteiger partial charge in [0.1, 0.15) is 0 Å². The Balaban J connectivity index is 1.78. The molecule has 8 nitrogen and oxygen atoms in total. The van der Waals surface area contributed by atoms with Crippen LogP contribution in [-0.4, -0.2) is 29.2 Å². The van der Waals surface area contributed by atoms with Crippen molar-refractivity contribution >= 4 is 29.0 Å². The number of Topliss-reactive ketones (excluding diaryl/α,β-unsaturated/α-hetero) is 1. The summed E-state index contributed by atoms with van der Waals surface area (Å²) in [4.78, 5) is 45.8. The lowest BCUT2D eigenvalue weighted by molar-refractivity contribution is -0.385. The summed E-state index contributed by atoms with van der Waals surface area (Å²) in [6.45, 7) is 1.04. The zero-order chi connectivity index (χ0) is 19.8. The Morgan fingerprint density at radius 2 is 1.78 bits per heavy atom. The van der Waals surface area contributed by atoms with Crippen LogP contribution in [-0.2, 0) is 14.3 Å². The van der Waals surface area contributed by atoms with Crippen LogP contribution >= 0.6 is 0 Å². The lowest BCUT2D eigenvalue weighted by Gasteiger charge is -2.07. The number of benzene rings is 2. The number of rotatable bonds is 8. The summed E-state index contributed by atoms with van der Waals surface area (Å²) in [6.07, 6.45) is -0.161. The highest BCUT2D eigenvalue weighted by Crippen LogP contribution is 2.22. The van der Waals surface area contributed by atoms with Crippen molar-refractivity contribution in [1.82, 2.24) is 0 Å². The average molecular weight is 370 g/mol. The van der Waals surface area contributed by atoms with Crippen LogP contribution < -0.4 is 5.32 Å². The predicted molar refractivity (Wildman–Crippen MR) is 97.4 cm³/mol. The van der Waals surface area contributed by atoms with Crippen molar-refractivity contribution in [3.8, 4) is 0 Å². The Labute approximate surface area is 155 Å². The number of carbonyl (C=O) groups is 3. The number of anilines is 1. The number of nitrogens with one attached hydrogen (secondary N) is 1. The van der Waals surface area contributed by atoms with Gasteiger partial charge in [0, 0.05) is 29.3 Å². The Morgan fingerprint density at radius 1 is 1.07 bits per heavy atom. The SMILES string of the molecule is Cc1ccc(NC(=O)COC(=O)CCC(=O)c2ccccc2)cc1[N+](=O)[O-]. The number of nitro benzene ring substituents is 1. The van der Waals surface area contributed by atoms with E-state index in [9.17, 15) is 24.5 Å². The maximum absolute atomic E-state index is 11.9. The number of hydrogen-bond donors (Lipinski definition) is 1. The number of nitrogens with zero attached hydrogens (tertiary/aromatic N) is 1. The van der Waals surface area contributed by atoms with Crippen LogP contribution in [0.2, 0.25) is 0 Å². The topological polar surface area (TPSA) is 116 Å². The molecule has 27 heavy (non-hydrogen) atoms. The number of ketones is 1. The lowest BCUT2D eigenvalue weighted by Crippen LogP contribution is -2.21. The second-order valence-corrected chi connectivity index (χ2v) is 5.76. The Bertz CT molecular complexity index is 864. The first kappa shape index (κ1) is 19.8. The van der Waals surface area contributed by atoms with Crippen molar-refractivity contribution in [2.45, 2.75) is 19.8 Å². The van der Waals surface area contributed by atoms with Gasteiger partial charge in [-0.2, -0.15) is 0 Å². The number of carbonyl (C=O) groups excluding carboxylic acids is 3.